The predicted molar refractivity (Wildman–Crippen MR) is 112 cm³/mol. The Kier molecular flexibility index (Phi) is 4.98. The third kappa shape index (κ3) is 3.31. The van der Waals surface area contributed by atoms with Crippen LogP contribution in [0.3, 0.4) is 0 Å². The molecule has 0 radical (unpaired) electrons. The fourth-order valence-corrected chi connectivity index (χ4v) is 3.77. The quantitative estimate of drug-likeness (QED) is 0.561. The zero-order chi connectivity index (χ0) is 19.5. The molecular formula is C25H22O3. The minimum atomic E-state index is 0.0348. The first-order chi connectivity index (χ1) is 13.7. The summed E-state index contributed by atoms with van der Waals surface area (Å²) >= 11 is 0. The van der Waals surface area contributed by atoms with Crippen molar-refractivity contribution >= 4 is 16.9 Å². The molecule has 0 saturated heterocycles. The Hall–Kier alpha value is -3.33. The fourth-order valence-electron chi connectivity index (χ4n) is 3.77. The molecule has 0 spiro atoms. The van der Waals surface area contributed by atoms with Crippen LogP contribution in [0.5, 0.6) is 11.5 Å². The highest BCUT2D eigenvalue weighted by atomic mass is 16.5. The summed E-state index contributed by atoms with van der Waals surface area (Å²) in [5, 5.41) is 0. The summed E-state index contributed by atoms with van der Waals surface area (Å²) in [6, 6.07) is 23.5. The van der Waals surface area contributed by atoms with Crippen molar-refractivity contribution in [3.63, 3.8) is 0 Å². The van der Waals surface area contributed by atoms with E-state index in [1.54, 1.807) is 14.2 Å². The smallest absolute Gasteiger partial charge is 0.193 e. The van der Waals surface area contributed by atoms with Gasteiger partial charge in [0.2, 0.25) is 0 Å². The first-order valence-electron chi connectivity index (χ1n) is 9.36. The predicted octanol–water partition coefficient (Wildman–Crippen LogP) is 5.44. The highest BCUT2D eigenvalue weighted by Gasteiger charge is 2.26. The normalized spacial score (nSPS) is 13.1. The van der Waals surface area contributed by atoms with Gasteiger partial charge in [0.05, 0.1) is 14.2 Å². The van der Waals surface area contributed by atoms with Gasteiger partial charge < -0.3 is 9.47 Å². The van der Waals surface area contributed by atoms with Crippen molar-refractivity contribution in [2.45, 2.75) is 12.8 Å². The molecule has 0 saturated carbocycles. The highest BCUT2D eigenvalue weighted by Crippen LogP contribution is 2.40. The Bertz CT molecular complexity index is 1030. The molecule has 0 bridgehead atoms. The molecule has 4 rings (SSSR count). The number of methoxy groups -OCH3 is 2. The molecule has 0 unspecified atom stereocenters. The van der Waals surface area contributed by atoms with Crippen LogP contribution in [0.25, 0.3) is 11.1 Å². The molecule has 0 fully saturated rings. The van der Waals surface area contributed by atoms with Crippen LogP contribution in [0, 0.1) is 0 Å². The zero-order valence-electron chi connectivity index (χ0n) is 16.1. The minimum Gasteiger partial charge on any atom is -0.497 e. The number of Topliss-reactive ketones (excluding diaryl/α,β-unsaturated/α-hetero) is 1. The minimum absolute atomic E-state index is 0.0348. The van der Waals surface area contributed by atoms with E-state index in [0.29, 0.717) is 5.56 Å². The lowest BCUT2D eigenvalue weighted by Gasteiger charge is -2.24. The fraction of sp³-hybridized carbons (Fsp3) is 0.160. The molecule has 1 aliphatic rings. The molecule has 0 aliphatic heterocycles. The SMILES string of the molecule is COc1ccc(C(=O)C2=C(c3ccccc3)CCc3cc(OC)ccc32)cc1. The van der Waals surface area contributed by atoms with Gasteiger partial charge >= 0.3 is 0 Å². The highest BCUT2D eigenvalue weighted by molar-refractivity contribution is 6.35. The molecule has 1 aliphatic carbocycles. The number of benzene rings is 3. The van der Waals surface area contributed by atoms with Gasteiger partial charge in [-0.25, -0.2) is 0 Å². The zero-order valence-corrected chi connectivity index (χ0v) is 16.1. The number of hydrogen-bond acceptors (Lipinski definition) is 3. The van der Waals surface area contributed by atoms with Crippen molar-refractivity contribution < 1.29 is 14.3 Å². The number of hydrogen-bond donors (Lipinski definition) is 0. The van der Waals surface area contributed by atoms with Crippen LogP contribution >= 0.6 is 0 Å². The monoisotopic (exact) mass is 370 g/mol. The van der Waals surface area contributed by atoms with E-state index < -0.39 is 0 Å². The largest absolute Gasteiger partial charge is 0.497 e. The van der Waals surface area contributed by atoms with Gasteiger partial charge in [-0.2, -0.15) is 0 Å². The van der Waals surface area contributed by atoms with Crippen molar-refractivity contribution in [1.29, 1.82) is 0 Å². The van der Waals surface area contributed by atoms with E-state index in [2.05, 4.69) is 12.1 Å². The van der Waals surface area contributed by atoms with E-state index in [4.69, 9.17) is 9.47 Å². The lowest BCUT2D eigenvalue weighted by atomic mass is 9.79. The van der Waals surface area contributed by atoms with Crippen LogP contribution in [-0.2, 0) is 6.42 Å². The van der Waals surface area contributed by atoms with Gasteiger partial charge in [0.25, 0.3) is 0 Å². The van der Waals surface area contributed by atoms with Gasteiger partial charge in [-0.15, -0.1) is 0 Å². The maximum atomic E-state index is 13.6. The van der Waals surface area contributed by atoms with Crippen LogP contribution in [-0.4, -0.2) is 20.0 Å². The first-order valence-corrected chi connectivity index (χ1v) is 9.36. The third-order valence-corrected chi connectivity index (χ3v) is 5.23. The van der Waals surface area contributed by atoms with E-state index in [1.165, 1.54) is 0 Å². The average Bonchev–Trinajstić information content (AvgIpc) is 2.78. The van der Waals surface area contributed by atoms with E-state index in [1.807, 2.05) is 60.7 Å². The van der Waals surface area contributed by atoms with Crippen LogP contribution < -0.4 is 9.47 Å². The van der Waals surface area contributed by atoms with Gasteiger partial charge in [0.1, 0.15) is 11.5 Å². The lowest BCUT2D eigenvalue weighted by molar-refractivity contribution is 0.105. The van der Waals surface area contributed by atoms with Crippen molar-refractivity contribution in [2.75, 3.05) is 14.2 Å². The Balaban J connectivity index is 1.88. The molecule has 0 atom stereocenters. The van der Waals surface area contributed by atoms with Crippen LogP contribution in [0.15, 0.2) is 72.8 Å². The topological polar surface area (TPSA) is 35.5 Å². The number of rotatable bonds is 5. The maximum Gasteiger partial charge on any atom is 0.193 e. The molecule has 3 nitrogen and oxygen atoms in total. The Labute approximate surface area is 165 Å². The molecule has 3 aromatic carbocycles. The van der Waals surface area contributed by atoms with E-state index in [0.717, 1.165) is 52.2 Å². The molecule has 140 valence electrons. The van der Waals surface area contributed by atoms with Crippen LogP contribution in [0.4, 0.5) is 0 Å². The third-order valence-electron chi connectivity index (χ3n) is 5.23. The van der Waals surface area contributed by atoms with Crippen molar-refractivity contribution in [3.05, 3.63) is 95.1 Å². The summed E-state index contributed by atoms with van der Waals surface area (Å²) in [6.45, 7) is 0. The molecule has 3 aromatic rings. The van der Waals surface area contributed by atoms with Crippen LogP contribution in [0.1, 0.15) is 33.5 Å². The summed E-state index contributed by atoms with van der Waals surface area (Å²) in [6.07, 6.45) is 1.71. The standard InChI is InChI=1S/C25H22O3/c1-27-20-11-8-18(9-12-20)25(26)24-22(17-6-4-3-5-7-17)14-10-19-16-21(28-2)13-15-23(19)24/h3-9,11-13,15-16H,10,14H2,1-2H3. The van der Waals surface area contributed by atoms with Crippen molar-refractivity contribution in [1.82, 2.24) is 0 Å². The molecule has 0 heterocycles. The van der Waals surface area contributed by atoms with Crippen LogP contribution in [0.2, 0.25) is 0 Å². The van der Waals surface area contributed by atoms with Crippen molar-refractivity contribution in [2.24, 2.45) is 0 Å². The second kappa shape index (κ2) is 7.73. The number of allylic oxidation sites excluding steroid dienone is 2. The summed E-state index contributed by atoms with van der Waals surface area (Å²) < 4.78 is 10.6. The number of fused-ring (bicyclic) bond motifs is 1. The number of ether oxygens (including phenoxy) is 2. The van der Waals surface area contributed by atoms with Gasteiger partial charge in [-0.3, -0.25) is 4.79 Å². The second-order valence-electron chi connectivity index (χ2n) is 6.80. The lowest BCUT2D eigenvalue weighted by Crippen LogP contribution is -2.12. The number of aryl methyl sites for hydroxylation is 1. The Morgan fingerprint density at radius 1 is 0.786 bits per heavy atom. The average molecular weight is 370 g/mol. The van der Waals surface area contributed by atoms with Crippen molar-refractivity contribution in [3.8, 4) is 11.5 Å². The number of carbonyl (C=O) groups excluding carboxylic acids is 1. The Morgan fingerprint density at radius 2 is 1.46 bits per heavy atom. The summed E-state index contributed by atoms with van der Waals surface area (Å²) in [4.78, 5) is 13.6. The van der Waals surface area contributed by atoms with E-state index in [9.17, 15) is 4.79 Å². The summed E-state index contributed by atoms with van der Waals surface area (Å²) in [7, 11) is 3.29. The molecule has 0 aromatic heterocycles. The molecular weight excluding hydrogens is 348 g/mol. The van der Waals surface area contributed by atoms with Gasteiger partial charge in [0.15, 0.2) is 5.78 Å². The first kappa shape index (κ1) is 18.1. The number of ketones is 1. The van der Waals surface area contributed by atoms with Gasteiger partial charge in [-0.05, 0) is 71.5 Å². The number of carbonyl (C=O) groups is 1. The van der Waals surface area contributed by atoms with Gasteiger partial charge in [-0.1, -0.05) is 36.4 Å². The van der Waals surface area contributed by atoms with E-state index in [-0.39, 0.29) is 5.78 Å². The maximum absolute atomic E-state index is 13.6. The molecule has 0 N–H and O–H groups in total. The Morgan fingerprint density at radius 3 is 2.14 bits per heavy atom. The molecule has 0 amide bonds. The van der Waals surface area contributed by atoms with E-state index >= 15 is 0 Å². The van der Waals surface area contributed by atoms with Gasteiger partial charge in [0, 0.05) is 11.1 Å². The molecule has 3 heteroatoms. The second-order valence-corrected chi connectivity index (χ2v) is 6.80. The summed E-state index contributed by atoms with van der Waals surface area (Å²) in [5.74, 6) is 1.59. The summed E-state index contributed by atoms with van der Waals surface area (Å²) in [5.41, 5.74) is 5.77. The molecule has 28 heavy (non-hydrogen) atoms.